The zero-order valence-corrected chi connectivity index (χ0v) is 20.6. The molecule has 4 rings (SSSR count). The van der Waals surface area contributed by atoms with Crippen LogP contribution in [-0.2, 0) is 24.2 Å². The molecule has 4 nitrogen and oxygen atoms in total. The molecular formula is C32H33NO3. The van der Waals surface area contributed by atoms with Gasteiger partial charge in [0.1, 0.15) is 23.9 Å². The van der Waals surface area contributed by atoms with E-state index in [-0.39, 0.29) is 5.78 Å². The summed E-state index contributed by atoms with van der Waals surface area (Å²) in [7, 11) is 0. The molecule has 0 radical (unpaired) electrons. The lowest BCUT2D eigenvalue weighted by molar-refractivity contribution is -0.118. The second kappa shape index (κ2) is 13.3. The number of hydrogen-bond acceptors (Lipinski definition) is 4. The van der Waals surface area contributed by atoms with Gasteiger partial charge in [-0.3, -0.25) is 4.79 Å². The van der Waals surface area contributed by atoms with E-state index in [1.807, 2.05) is 84.9 Å². The van der Waals surface area contributed by atoms with Crippen LogP contribution in [0.2, 0.25) is 0 Å². The van der Waals surface area contributed by atoms with Crippen LogP contribution in [0, 0.1) is 0 Å². The average Bonchev–Trinajstić information content (AvgIpc) is 2.93. The van der Waals surface area contributed by atoms with Crippen LogP contribution in [-0.4, -0.2) is 18.9 Å². The highest BCUT2D eigenvalue weighted by Crippen LogP contribution is 2.30. The van der Waals surface area contributed by atoms with E-state index >= 15 is 0 Å². The first-order chi connectivity index (χ1) is 17.7. The molecule has 0 fully saturated rings. The number of hydrogen-bond donors (Lipinski definition) is 1. The van der Waals surface area contributed by atoms with Crippen LogP contribution in [0.5, 0.6) is 11.5 Å². The second-order valence-corrected chi connectivity index (χ2v) is 8.82. The fourth-order valence-electron chi connectivity index (χ4n) is 3.99. The zero-order chi connectivity index (χ0) is 25.0. The Labute approximate surface area is 213 Å². The largest absolute Gasteiger partial charge is 0.494 e. The quantitative estimate of drug-likeness (QED) is 0.225. The van der Waals surface area contributed by atoms with E-state index in [0.29, 0.717) is 32.6 Å². The Morgan fingerprint density at radius 1 is 0.694 bits per heavy atom. The SMILES string of the molecule is NCCCOc1ccc(CCC(=O)Cc2ccc(COc3ccccc3-c3ccccc3)cc2)cc1. The number of rotatable bonds is 13. The fraction of sp³-hybridized carbons (Fsp3) is 0.219. The van der Waals surface area contributed by atoms with Crippen molar-refractivity contribution < 1.29 is 14.3 Å². The maximum absolute atomic E-state index is 12.5. The number of nitrogens with two attached hydrogens (primary N) is 1. The van der Waals surface area contributed by atoms with Crippen molar-refractivity contribution in [1.82, 2.24) is 0 Å². The maximum Gasteiger partial charge on any atom is 0.137 e. The first-order valence-electron chi connectivity index (χ1n) is 12.5. The summed E-state index contributed by atoms with van der Waals surface area (Å²) in [6.45, 7) is 1.73. The van der Waals surface area contributed by atoms with Crippen molar-refractivity contribution in [3.05, 3.63) is 120 Å². The summed E-state index contributed by atoms with van der Waals surface area (Å²) < 4.78 is 11.8. The molecular weight excluding hydrogens is 446 g/mol. The lowest BCUT2D eigenvalue weighted by atomic mass is 10.0. The van der Waals surface area contributed by atoms with Gasteiger partial charge in [-0.2, -0.15) is 0 Å². The second-order valence-electron chi connectivity index (χ2n) is 8.82. The van der Waals surface area contributed by atoms with Crippen LogP contribution in [0.15, 0.2) is 103 Å². The highest BCUT2D eigenvalue weighted by molar-refractivity contribution is 5.81. The first-order valence-corrected chi connectivity index (χ1v) is 12.5. The molecule has 0 heterocycles. The summed E-state index contributed by atoms with van der Waals surface area (Å²) >= 11 is 0. The third-order valence-electron chi connectivity index (χ3n) is 6.02. The minimum atomic E-state index is 0.235. The number of ether oxygens (including phenoxy) is 2. The Bertz CT molecular complexity index is 1220. The maximum atomic E-state index is 12.5. The number of aryl methyl sites for hydroxylation is 1. The van der Waals surface area contributed by atoms with Crippen molar-refractivity contribution in [3.8, 4) is 22.6 Å². The highest BCUT2D eigenvalue weighted by Gasteiger charge is 2.08. The zero-order valence-electron chi connectivity index (χ0n) is 20.6. The molecule has 0 bridgehead atoms. The van der Waals surface area contributed by atoms with Gasteiger partial charge in [-0.1, -0.05) is 84.9 Å². The number of ketones is 1. The van der Waals surface area contributed by atoms with Crippen molar-refractivity contribution in [2.45, 2.75) is 32.3 Å². The number of carbonyl (C=O) groups excluding carboxylic acids is 1. The lowest BCUT2D eigenvalue weighted by Crippen LogP contribution is -2.06. The van der Waals surface area contributed by atoms with Crippen LogP contribution in [0.4, 0.5) is 0 Å². The highest BCUT2D eigenvalue weighted by atomic mass is 16.5. The van der Waals surface area contributed by atoms with Crippen molar-refractivity contribution in [3.63, 3.8) is 0 Å². The molecule has 0 atom stereocenters. The molecule has 0 aromatic heterocycles. The van der Waals surface area contributed by atoms with Gasteiger partial charge >= 0.3 is 0 Å². The van der Waals surface area contributed by atoms with Gasteiger partial charge in [0, 0.05) is 18.4 Å². The third-order valence-corrected chi connectivity index (χ3v) is 6.02. The van der Waals surface area contributed by atoms with E-state index in [4.69, 9.17) is 15.2 Å². The van der Waals surface area contributed by atoms with Crippen LogP contribution < -0.4 is 15.2 Å². The fourth-order valence-corrected chi connectivity index (χ4v) is 3.99. The Kier molecular flexibility index (Phi) is 9.29. The molecule has 0 saturated heterocycles. The Balaban J connectivity index is 1.24. The number of benzene rings is 4. The van der Waals surface area contributed by atoms with E-state index in [9.17, 15) is 4.79 Å². The minimum Gasteiger partial charge on any atom is -0.494 e. The molecule has 0 aliphatic carbocycles. The third kappa shape index (κ3) is 7.56. The number of Topliss-reactive ketones (excluding diaryl/α,β-unsaturated/α-hetero) is 1. The van der Waals surface area contributed by atoms with Crippen LogP contribution in [0.1, 0.15) is 29.5 Å². The van der Waals surface area contributed by atoms with Gasteiger partial charge in [0.25, 0.3) is 0 Å². The molecule has 0 spiro atoms. The Morgan fingerprint density at radius 2 is 1.36 bits per heavy atom. The lowest BCUT2D eigenvalue weighted by Gasteiger charge is -2.12. The molecule has 0 aliphatic heterocycles. The topological polar surface area (TPSA) is 61.5 Å². The van der Waals surface area contributed by atoms with Gasteiger partial charge in [-0.05, 0) is 59.8 Å². The molecule has 4 aromatic carbocycles. The summed E-state index contributed by atoms with van der Waals surface area (Å²) in [6, 6.07) is 34.4. The molecule has 0 amide bonds. The van der Waals surface area contributed by atoms with E-state index in [2.05, 4.69) is 18.2 Å². The average molecular weight is 480 g/mol. The van der Waals surface area contributed by atoms with Gasteiger partial charge in [0.2, 0.25) is 0 Å². The van der Waals surface area contributed by atoms with Gasteiger partial charge in [-0.25, -0.2) is 0 Å². The predicted octanol–water partition coefficient (Wildman–Crippen LogP) is 6.40. The molecule has 0 aliphatic rings. The van der Waals surface area contributed by atoms with E-state index in [1.54, 1.807) is 0 Å². The van der Waals surface area contributed by atoms with E-state index in [0.717, 1.165) is 52.2 Å². The smallest absolute Gasteiger partial charge is 0.137 e. The van der Waals surface area contributed by atoms with Crippen LogP contribution in [0.3, 0.4) is 0 Å². The summed E-state index contributed by atoms with van der Waals surface area (Å²) in [5.41, 5.74) is 10.9. The summed E-state index contributed by atoms with van der Waals surface area (Å²) in [5.74, 6) is 1.93. The Morgan fingerprint density at radius 3 is 2.11 bits per heavy atom. The van der Waals surface area contributed by atoms with Gasteiger partial charge in [0.15, 0.2) is 0 Å². The first kappa shape index (κ1) is 25.2. The van der Waals surface area contributed by atoms with Crippen molar-refractivity contribution in [2.75, 3.05) is 13.2 Å². The summed E-state index contributed by atoms with van der Waals surface area (Å²) in [4.78, 5) is 12.5. The summed E-state index contributed by atoms with van der Waals surface area (Å²) in [6.07, 6.45) is 2.54. The standard InChI is InChI=1S/C32H33NO3/c33-21-6-22-35-30-19-16-25(17-20-30)15-18-29(34)23-26-11-13-27(14-12-26)24-36-32-10-5-4-9-31(32)28-7-2-1-3-8-28/h1-5,7-14,16-17,19-20H,6,15,18,21-24,33H2. The molecule has 184 valence electrons. The Hall–Kier alpha value is -3.89. The molecule has 4 aromatic rings. The van der Waals surface area contributed by atoms with Gasteiger partial charge in [0.05, 0.1) is 6.61 Å². The van der Waals surface area contributed by atoms with E-state index < -0.39 is 0 Å². The summed E-state index contributed by atoms with van der Waals surface area (Å²) in [5, 5.41) is 0. The van der Waals surface area contributed by atoms with Crippen LogP contribution in [0.25, 0.3) is 11.1 Å². The van der Waals surface area contributed by atoms with Crippen LogP contribution >= 0.6 is 0 Å². The predicted molar refractivity (Wildman–Crippen MR) is 145 cm³/mol. The normalized spacial score (nSPS) is 10.7. The minimum absolute atomic E-state index is 0.235. The van der Waals surface area contributed by atoms with Crippen molar-refractivity contribution in [1.29, 1.82) is 0 Å². The molecule has 36 heavy (non-hydrogen) atoms. The molecule has 2 N–H and O–H groups in total. The van der Waals surface area contributed by atoms with Gasteiger partial charge < -0.3 is 15.2 Å². The molecule has 0 saturated carbocycles. The number of carbonyl (C=O) groups is 1. The van der Waals surface area contributed by atoms with E-state index in [1.165, 1.54) is 0 Å². The monoisotopic (exact) mass is 479 g/mol. The van der Waals surface area contributed by atoms with Gasteiger partial charge in [-0.15, -0.1) is 0 Å². The van der Waals surface area contributed by atoms with Crippen molar-refractivity contribution >= 4 is 5.78 Å². The molecule has 4 heteroatoms. The molecule has 0 unspecified atom stereocenters. The number of para-hydroxylation sites is 1. The van der Waals surface area contributed by atoms with Crippen molar-refractivity contribution in [2.24, 2.45) is 5.73 Å².